The van der Waals surface area contributed by atoms with E-state index < -0.39 is 5.69 Å². The smallest absolute Gasteiger partial charge is 0.328 e. The number of aryl methyl sites for hydroxylation is 1. The Morgan fingerprint density at radius 3 is 2.76 bits per heavy atom. The third kappa shape index (κ3) is 4.78. The summed E-state index contributed by atoms with van der Waals surface area (Å²) >= 11 is 5.26. The van der Waals surface area contributed by atoms with Gasteiger partial charge in [-0.2, -0.15) is 0 Å². The number of nitrogens with one attached hydrogen (secondary N) is 2. The molecule has 1 aromatic heterocycles. The van der Waals surface area contributed by atoms with Crippen LogP contribution >= 0.6 is 12.2 Å². The highest BCUT2D eigenvalue weighted by molar-refractivity contribution is 7.80. The fourth-order valence-electron chi connectivity index (χ4n) is 2.48. The fraction of sp³-hybridized carbons (Fsp3) is 0.643. The van der Waals surface area contributed by atoms with Crippen LogP contribution in [0.4, 0.5) is 0 Å². The molecule has 1 aliphatic heterocycles. The Hall–Kier alpha value is -1.47. The first kappa shape index (κ1) is 15.9. The van der Waals surface area contributed by atoms with Crippen LogP contribution in [0.5, 0.6) is 0 Å². The fourth-order valence-corrected chi connectivity index (χ4v) is 2.72. The minimum Gasteiger partial charge on any atom is -0.377 e. The van der Waals surface area contributed by atoms with Crippen LogP contribution in [0.3, 0.4) is 0 Å². The summed E-state index contributed by atoms with van der Waals surface area (Å²) in [6, 6.07) is 0. The molecule has 1 fully saturated rings. The third-order valence-corrected chi connectivity index (χ3v) is 3.98. The monoisotopic (exact) mass is 310 g/mol. The Morgan fingerprint density at radius 1 is 1.33 bits per heavy atom. The van der Waals surface area contributed by atoms with Crippen molar-refractivity contribution < 1.29 is 0 Å². The molecule has 0 aliphatic carbocycles. The normalized spacial score (nSPS) is 15.9. The molecule has 0 atom stereocenters. The number of thiocarbonyl (C=S) groups is 1. The molecule has 2 heterocycles. The van der Waals surface area contributed by atoms with Gasteiger partial charge < -0.3 is 10.2 Å². The molecule has 7 heteroatoms. The predicted octanol–water partition coefficient (Wildman–Crippen LogP) is 0.248. The van der Waals surface area contributed by atoms with Gasteiger partial charge in [0, 0.05) is 24.8 Å². The Kier molecular flexibility index (Phi) is 5.69. The Bertz CT molecular complexity index is 602. The van der Waals surface area contributed by atoms with E-state index in [1.165, 1.54) is 23.8 Å². The van der Waals surface area contributed by atoms with E-state index in [2.05, 4.69) is 15.2 Å². The van der Waals surface area contributed by atoms with E-state index in [1.807, 2.05) is 0 Å². The highest BCUT2D eigenvalue weighted by Crippen LogP contribution is 2.07. The summed E-state index contributed by atoms with van der Waals surface area (Å²) in [5.74, 6) is 0. The number of likely N-dealkylation sites (tertiary alicyclic amines) is 1. The van der Waals surface area contributed by atoms with Crippen LogP contribution in [-0.2, 0) is 6.54 Å². The van der Waals surface area contributed by atoms with Gasteiger partial charge >= 0.3 is 5.69 Å². The first-order chi connectivity index (χ1) is 10.1. The van der Waals surface area contributed by atoms with Gasteiger partial charge in [-0.05, 0) is 32.9 Å². The van der Waals surface area contributed by atoms with Gasteiger partial charge in [-0.1, -0.05) is 18.6 Å². The third-order valence-electron chi connectivity index (χ3n) is 3.70. The lowest BCUT2D eigenvalue weighted by Crippen LogP contribution is -2.40. The highest BCUT2D eigenvalue weighted by atomic mass is 32.1. The van der Waals surface area contributed by atoms with Crippen molar-refractivity contribution in [3.8, 4) is 0 Å². The molecule has 1 aromatic rings. The van der Waals surface area contributed by atoms with Gasteiger partial charge in [0.05, 0.1) is 11.5 Å². The minimum absolute atomic E-state index is 0.297. The summed E-state index contributed by atoms with van der Waals surface area (Å²) in [5.41, 5.74) is -0.267. The number of nitrogens with zero attached hydrogens (tertiary/aromatic N) is 2. The van der Waals surface area contributed by atoms with Crippen LogP contribution in [-0.4, -0.2) is 45.6 Å². The lowest BCUT2D eigenvalue weighted by Gasteiger charge is -2.26. The van der Waals surface area contributed by atoms with Gasteiger partial charge in [0.1, 0.15) is 0 Å². The molecule has 1 saturated heterocycles. The van der Waals surface area contributed by atoms with Crippen molar-refractivity contribution in [2.45, 2.75) is 32.7 Å². The first-order valence-corrected chi connectivity index (χ1v) is 7.76. The van der Waals surface area contributed by atoms with Gasteiger partial charge in [-0.25, -0.2) is 4.79 Å². The van der Waals surface area contributed by atoms with Crippen LogP contribution in [0.2, 0.25) is 0 Å². The van der Waals surface area contributed by atoms with Crippen LogP contribution in [0.15, 0.2) is 15.8 Å². The molecule has 1 aliphatic rings. The quantitative estimate of drug-likeness (QED) is 0.763. The number of aromatic amines is 1. The standard InChI is InChI=1S/C14H22N4O2S/c1-11-9-18(14(20)16-13(11)19)10-12(21)15-5-8-17-6-3-2-4-7-17/h9H,2-8,10H2,1H3,(H,15,21)(H,16,19,20). The summed E-state index contributed by atoms with van der Waals surface area (Å²) in [5, 5.41) is 3.18. The van der Waals surface area contributed by atoms with E-state index in [4.69, 9.17) is 12.2 Å². The summed E-state index contributed by atoms with van der Waals surface area (Å²) in [7, 11) is 0. The second-order valence-electron chi connectivity index (χ2n) is 5.45. The van der Waals surface area contributed by atoms with Crippen LogP contribution in [0, 0.1) is 6.92 Å². The molecule has 21 heavy (non-hydrogen) atoms. The average molecular weight is 310 g/mol. The molecule has 0 unspecified atom stereocenters. The van der Waals surface area contributed by atoms with Gasteiger partial charge in [0.25, 0.3) is 5.56 Å². The van der Waals surface area contributed by atoms with Crippen molar-refractivity contribution in [1.29, 1.82) is 0 Å². The molecule has 2 rings (SSSR count). The van der Waals surface area contributed by atoms with E-state index in [9.17, 15) is 9.59 Å². The molecular formula is C14H22N4O2S. The SMILES string of the molecule is Cc1cn(CC(=S)NCCN2CCCCC2)c(=O)[nH]c1=O. The molecule has 0 aromatic carbocycles. The van der Waals surface area contributed by atoms with Crippen LogP contribution < -0.4 is 16.6 Å². The maximum absolute atomic E-state index is 11.7. The second-order valence-corrected chi connectivity index (χ2v) is 5.94. The number of rotatable bonds is 5. The predicted molar refractivity (Wildman–Crippen MR) is 87.0 cm³/mol. The van der Waals surface area contributed by atoms with Crippen molar-refractivity contribution in [2.75, 3.05) is 26.2 Å². The molecule has 0 radical (unpaired) electrons. The number of hydrogen-bond donors (Lipinski definition) is 2. The number of aromatic nitrogens is 2. The lowest BCUT2D eigenvalue weighted by molar-refractivity contribution is 0.232. The number of hydrogen-bond acceptors (Lipinski definition) is 4. The minimum atomic E-state index is -0.425. The van der Waals surface area contributed by atoms with E-state index in [-0.39, 0.29) is 5.56 Å². The molecule has 0 amide bonds. The van der Waals surface area contributed by atoms with Crippen molar-refractivity contribution in [2.24, 2.45) is 0 Å². The van der Waals surface area contributed by atoms with Gasteiger partial charge in [-0.15, -0.1) is 0 Å². The van der Waals surface area contributed by atoms with Crippen molar-refractivity contribution in [3.05, 3.63) is 32.6 Å². The van der Waals surface area contributed by atoms with Gasteiger partial charge in [-0.3, -0.25) is 14.3 Å². The molecule has 0 saturated carbocycles. The number of piperidine rings is 1. The summed E-state index contributed by atoms with van der Waals surface area (Å²) < 4.78 is 1.42. The molecule has 116 valence electrons. The molecule has 0 bridgehead atoms. The van der Waals surface area contributed by atoms with Crippen molar-refractivity contribution in [3.63, 3.8) is 0 Å². The van der Waals surface area contributed by atoms with Crippen molar-refractivity contribution >= 4 is 17.2 Å². The second kappa shape index (κ2) is 7.51. The van der Waals surface area contributed by atoms with E-state index in [0.717, 1.165) is 26.2 Å². The molecule has 0 spiro atoms. The lowest BCUT2D eigenvalue weighted by atomic mass is 10.1. The number of H-pyrrole nitrogens is 1. The zero-order valence-corrected chi connectivity index (χ0v) is 13.2. The topological polar surface area (TPSA) is 70.1 Å². The maximum atomic E-state index is 11.7. The summed E-state index contributed by atoms with van der Waals surface area (Å²) in [4.78, 5) is 28.3. The molecule has 6 nitrogen and oxygen atoms in total. The van der Waals surface area contributed by atoms with E-state index in [1.54, 1.807) is 13.1 Å². The zero-order chi connectivity index (χ0) is 15.2. The van der Waals surface area contributed by atoms with Gasteiger partial charge in [0.2, 0.25) is 0 Å². The van der Waals surface area contributed by atoms with Gasteiger partial charge in [0.15, 0.2) is 0 Å². The Morgan fingerprint density at radius 2 is 2.05 bits per heavy atom. The average Bonchev–Trinajstić information content (AvgIpc) is 2.46. The first-order valence-electron chi connectivity index (χ1n) is 7.35. The van der Waals surface area contributed by atoms with E-state index in [0.29, 0.717) is 17.1 Å². The summed E-state index contributed by atoms with van der Waals surface area (Å²) in [6.45, 7) is 6.04. The largest absolute Gasteiger partial charge is 0.377 e. The van der Waals surface area contributed by atoms with E-state index >= 15 is 0 Å². The molecule has 2 N–H and O–H groups in total. The van der Waals surface area contributed by atoms with Crippen molar-refractivity contribution in [1.82, 2.24) is 19.8 Å². The Labute approximate surface area is 129 Å². The van der Waals surface area contributed by atoms with Crippen LogP contribution in [0.25, 0.3) is 0 Å². The zero-order valence-electron chi connectivity index (χ0n) is 12.4. The summed E-state index contributed by atoms with van der Waals surface area (Å²) in [6.07, 6.45) is 5.42. The Balaban J connectivity index is 1.80. The van der Waals surface area contributed by atoms with Crippen LogP contribution in [0.1, 0.15) is 24.8 Å². The molecular weight excluding hydrogens is 288 g/mol. The maximum Gasteiger partial charge on any atom is 0.328 e. The highest BCUT2D eigenvalue weighted by Gasteiger charge is 2.09.